The van der Waals surface area contributed by atoms with Crippen LogP contribution in [0.1, 0.15) is 90.9 Å². The first-order valence-electron chi connectivity index (χ1n) is 8.26. The molecule has 1 nitrogen and oxygen atoms in total. The van der Waals surface area contributed by atoms with E-state index in [4.69, 9.17) is 0 Å². The monoisotopic (exact) mass is 273 g/mol. The summed E-state index contributed by atoms with van der Waals surface area (Å²) in [7, 11) is 0. The molecule has 0 aromatic carbocycles. The molecule has 0 aliphatic rings. The van der Waals surface area contributed by atoms with E-state index in [0.717, 1.165) is 6.54 Å². The van der Waals surface area contributed by atoms with Gasteiger partial charge in [-0.2, -0.15) is 0 Å². The summed E-state index contributed by atoms with van der Waals surface area (Å²) in [5.41, 5.74) is 0. The van der Waals surface area contributed by atoms with Crippen molar-refractivity contribution in [1.82, 2.24) is 4.72 Å². The maximum Gasteiger partial charge on any atom is 0.00786 e. The Morgan fingerprint density at radius 2 is 1.06 bits per heavy atom. The Hall–Kier alpha value is 0.310. The highest BCUT2D eigenvalue weighted by Gasteiger charge is 1.93. The Balaban J connectivity index is 2.86. The molecule has 18 heavy (non-hydrogen) atoms. The van der Waals surface area contributed by atoms with Crippen LogP contribution >= 0.6 is 11.9 Å². The summed E-state index contributed by atoms with van der Waals surface area (Å²) in [4.78, 5) is 0. The van der Waals surface area contributed by atoms with Gasteiger partial charge in [0.25, 0.3) is 0 Å². The molecule has 0 saturated heterocycles. The molecule has 0 rings (SSSR count). The highest BCUT2D eigenvalue weighted by Crippen LogP contribution is 2.12. The lowest BCUT2D eigenvalue weighted by Gasteiger charge is -2.03. The van der Waals surface area contributed by atoms with E-state index in [2.05, 4.69) is 18.6 Å². The molecule has 0 aromatic heterocycles. The first-order valence-corrected chi connectivity index (χ1v) is 9.25. The Bertz CT molecular complexity index is 123. The molecule has 0 aliphatic heterocycles. The quantitative estimate of drug-likeness (QED) is 0.292. The van der Waals surface area contributed by atoms with Crippen molar-refractivity contribution in [3.05, 3.63) is 0 Å². The molecule has 0 amide bonds. The van der Waals surface area contributed by atoms with Gasteiger partial charge >= 0.3 is 0 Å². The van der Waals surface area contributed by atoms with Gasteiger partial charge in [0.05, 0.1) is 0 Å². The van der Waals surface area contributed by atoms with Crippen molar-refractivity contribution in [3.8, 4) is 0 Å². The van der Waals surface area contributed by atoms with Crippen LogP contribution in [0.5, 0.6) is 0 Å². The average molecular weight is 274 g/mol. The summed E-state index contributed by atoms with van der Waals surface area (Å²) < 4.78 is 3.30. The van der Waals surface area contributed by atoms with Crippen LogP contribution in [-0.2, 0) is 0 Å². The van der Waals surface area contributed by atoms with Crippen molar-refractivity contribution >= 4 is 11.9 Å². The van der Waals surface area contributed by atoms with Gasteiger partial charge < -0.3 is 0 Å². The molecule has 1 N–H and O–H groups in total. The maximum atomic E-state index is 3.30. The van der Waals surface area contributed by atoms with Gasteiger partial charge in [-0.05, 0) is 6.42 Å². The number of hydrogen-bond acceptors (Lipinski definition) is 2. The van der Waals surface area contributed by atoms with Gasteiger partial charge in [-0.1, -0.05) is 96.4 Å². The fourth-order valence-electron chi connectivity index (χ4n) is 2.19. The van der Waals surface area contributed by atoms with E-state index >= 15 is 0 Å². The van der Waals surface area contributed by atoms with Crippen LogP contribution in [-0.4, -0.2) is 12.3 Å². The molecule has 0 saturated carbocycles. The Morgan fingerprint density at radius 1 is 0.611 bits per heavy atom. The minimum Gasteiger partial charge on any atom is -0.264 e. The van der Waals surface area contributed by atoms with Crippen LogP contribution in [0.2, 0.25) is 0 Å². The minimum atomic E-state index is 1.09. The van der Waals surface area contributed by atoms with E-state index in [0.29, 0.717) is 0 Å². The Morgan fingerprint density at radius 3 is 1.50 bits per heavy atom. The van der Waals surface area contributed by atoms with E-state index in [1.165, 1.54) is 82.8 Å². The van der Waals surface area contributed by atoms with Gasteiger partial charge in [0.15, 0.2) is 0 Å². The zero-order valence-corrected chi connectivity index (χ0v) is 13.6. The van der Waals surface area contributed by atoms with E-state index in [9.17, 15) is 0 Å². The molecule has 0 heterocycles. The van der Waals surface area contributed by atoms with Gasteiger partial charge in [-0.15, -0.1) is 0 Å². The highest BCUT2D eigenvalue weighted by atomic mass is 32.2. The van der Waals surface area contributed by atoms with Crippen LogP contribution in [0.3, 0.4) is 0 Å². The second-order valence-corrected chi connectivity index (χ2v) is 6.22. The lowest BCUT2D eigenvalue weighted by atomic mass is 10.1. The lowest BCUT2D eigenvalue weighted by molar-refractivity contribution is 0.548. The predicted molar refractivity (Wildman–Crippen MR) is 87.2 cm³/mol. The number of nitrogens with one attached hydrogen (secondary N) is 1. The molecule has 0 atom stereocenters. The Labute approximate surface area is 120 Å². The molecule has 0 aromatic rings. The largest absolute Gasteiger partial charge is 0.264 e. The van der Waals surface area contributed by atoms with Gasteiger partial charge in [-0.25, -0.2) is 0 Å². The van der Waals surface area contributed by atoms with Crippen molar-refractivity contribution in [2.24, 2.45) is 0 Å². The first-order chi connectivity index (χ1) is 8.91. The van der Waals surface area contributed by atoms with Crippen LogP contribution in [0.15, 0.2) is 0 Å². The summed E-state index contributed by atoms with van der Waals surface area (Å²) in [6.45, 7) is 5.54. The number of rotatable bonds is 15. The summed E-state index contributed by atoms with van der Waals surface area (Å²) in [5.74, 6) is 1.28. The molecule has 0 aliphatic carbocycles. The molecular weight excluding hydrogens is 238 g/mol. The van der Waals surface area contributed by atoms with E-state index < -0.39 is 0 Å². The molecule has 0 bridgehead atoms. The summed E-state index contributed by atoms with van der Waals surface area (Å²) >= 11 is 1.88. The van der Waals surface area contributed by atoms with Crippen molar-refractivity contribution in [3.63, 3.8) is 0 Å². The fourth-order valence-corrected chi connectivity index (χ4v) is 2.89. The molecule has 0 radical (unpaired) electrons. The summed E-state index contributed by atoms with van der Waals surface area (Å²) in [5, 5.41) is 0. The topological polar surface area (TPSA) is 12.0 Å². The number of unbranched alkanes of at least 4 members (excludes halogenated alkanes) is 11. The average Bonchev–Trinajstić information content (AvgIpc) is 2.39. The highest BCUT2D eigenvalue weighted by molar-refractivity contribution is 7.97. The molecule has 2 heteroatoms. The fraction of sp³-hybridized carbons (Fsp3) is 1.00. The van der Waals surface area contributed by atoms with Crippen LogP contribution < -0.4 is 4.72 Å². The minimum absolute atomic E-state index is 1.09. The smallest absolute Gasteiger partial charge is 0.00786 e. The van der Waals surface area contributed by atoms with Gasteiger partial charge in [0.2, 0.25) is 0 Å². The lowest BCUT2D eigenvalue weighted by Crippen LogP contribution is -2.01. The van der Waals surface area contributed by atoms with E-state index in [-0.39, 0.29) is 0 Å². The van der Waals surface area contributed by atoms with Crippen LogP contribution in [0.25, 0.3) is 0 Å². The SMILES string of the molecule is CCCCCCCCCCCCCCSNCC. The second-order valence-electron chi connectivity index (χ2n) is 5.24. The molecule has 110 valence electrons. The molecular formula is C16H35NS. The molecule has 0 unspecified atom stereocenters. The van der Waals surface area contributed by atoms with Crippen molar-refractivity contribution in [2.75, 3.05) is 12.3 Å². The Kier molecular flexibility index (Phi) is 17.6. The van der Waals surface area contributed by atoms with Gasteiger partial charge in [0.1, 0.15) is 0 Å². The standard InChI is InChI=1S/C16H35NS/c1-3-5-6-7-8-9-10-11-12-13-14-15-16-18-17-4-2/h17H,3-16H2,1-2H3. The third-order valence-electron chi connectivity index (χ3n) is 3.35. The molecule has 0 fully saturated rings. The van der Waals surface area contributed by atoms with Gasteiger partial charge in [0, 0.05) is 12.3 Å². The second kappa shape index (κ2) is 17.3. The molecule has 0 spiro atoms. The van der Waals surface area contributed by atoms with Crippen molar-refractivity contribution < 1.29 is 0 Å². The summed E-state index contributed by atoms with van der Waals surface area (Å²) in [6, 6.07) is 0. The third kappa shape index (κ3) is 16.3. The van der Waals surface area contributed by atoms with Crippen LogP contribution in [0.4, 0.5) is 0 Å². The van der Waals surface area contributed by atoms with E-state index in [1.807, 2.05) is 11.9 Å². The predicted octanol–water partition coefficient (Wildman–Crippen LogP) is 5.95. The van der Waals surface area contributed by atoms with Crippen LogP contribution in [0, 0.1) is 0 Å². The maximum absolute atomic E-state index is 3.30. The van der Waals surface area contributed by atoms with Crippen molar-refractivity contribution in [2.45, 2.75) is 90.9 Å². The van der Waals surface area contributed by atoms with Crippen molar-refractivity contribution in [1.29, 1.82) is 0 Å². The summed E-state index contributed by atoms with van der Waals surface area (Å²) in [6.07, 6.45) is 17.3. The third-order valence-corrected chi connectivity index (χ3v) is 4.33. The van der Waals surface area contributed by atoms with Gasteiger partial charge in [-0.3, -0.25) is 4.72 Å². The zero-order valence-electron chi connectivity index (χ0n) is 12.8. The number of hydrogen-bond donors (Lipinski definition) is 1. The zero-order chi connectivity index (χ0) is 13.3. The normalized spacial score (nSPS) is 11.0. The first kappa shape index (κ1) is 18.3. The van der Waals surface area contributed by atoms with E-state index in [1.54, 1.807) is 0 Å².